The number of quaternary nitrogens is 1. The van der Waals surface area contributed by atoms with Crippen molar-refractivity contribution < 1.29 is 14.8 Å². The number of carbonyl (C=O) groups excluding carboxylic acids is 1. The van der Waals surface area contributed by atoms with E-state index in [0.717, 1.165) is 6.42 Å². The molecule has 1 aliphatic rings. The van der Waals surface area contributed by atoms with Crippen molar-refractivity contribution >= 4 is 5.97 Å². The van der Waals surface area contributed by atoms with E-state index in [9.17, 15) is 4.79 Å². The number of rotatable bonds is 13. The highest BCUT2D eigenvalue weighted by atomic mass is 16.6. The minimum Gasteiger partial charge on any atom is -0.459 e. The van der Waals surface area contributed by atoms with Gasteiger partial charge in [-0.15, -0.1) is 0 Å². The van der Waals surface area contributed by atoms with Crippen molar-refractivity contribution in [3.05, 3.63) is 0 Å². The minimum absolute atomic E-state index is 0.00844. The highest BCUT2D eigenvalue weighted by Crippen LogP contribution is 2.28. The summed E-state index contributed by atoms with van der Waals surface area (Å²) in [5.74, 6) is 0.535. The average Bonchev–Trinajstić information content (AvgIpc) is 2.57. The van der Waals surface area contributed by atoms with E-state index in [4.69, 9.17) is 4.74 Å². The van der Waals surface area contributed by atoms with E-state index in [2.05, 4.69) is 26.1 Å². The molecule has 1 fully saturated rings. The van der Waals surface area contributed by atoms with Crippen LogP contribution in [0.15, 0.2) is 0 Å². The Bertz CT molecular complexity index is 322. The molecule has 0 bridgehead atoms. The fourth-order valence-electron chi connectivity index (χ4n) is 3.81. The SMILES string of the molecule is CCCCCCCCCCCCC(=O)OC(C)(C)C1CC[NH2+]CC1. The highest BCUT2D eigenvalue weighted by molar-refractivity contribution is 5.69. The van der Waals surface area contributed by atoms with Gasteiger partial charge in [0.1, 0.15) is 5.60 Å². The summed E-state index contributed by atoms with van der Waals surface area (Å²) in [6, 6.07) is 0. The maximum absolute atomic E-state index is 12.1. The molecule has 3 heteroatoms. The van der Waals surface area contributed by atoms with Crippen LogP contribution < -0.4 is 5.32 Å². The Morgan fingerprint density at radius 2 is 1.42 bits per heavy atom. The minimum atomic E-state index is -0.288. The van der Waals surface area contributed by atoms with Gasteiger partial charge in [-0.3, -0.25) is 4.79 Å². The van der Waals surface area contributed by atoms with Gasteiger partial charge in [-0.05, 0) is 20.3 Å². The molecular formula is C21H42NO2+. The van der Waals surface area contributed by atoms with Crippen LogP contribution in [0.4, 0.5) is 0 Å². The molecule has 0 radical (unpaired) electrons. The third-order valence-corrected chi connectivity index (χ3v) is 5.53. The number of ether oxygens (including phenoxy) is 1. The second-order valence-corrected chi connectivity index (χ2v) is 8.15. The molecule has 1 saturated heterocycles. The lowest BCUT2D eigenvalue weighted by atomic mass is 9.83. The van der Waals surface area contributed by atoms with Crippen LogP contribution in [-0.2, 0) is 9.53 Å². The monoisotopic (exact) mass is 340 g/mol. The zero-order valence-electron chi connectivity index (χ0n) is 16.6. The summed E-state index contributed by atoms with van der Waals surface area (Å²) < 4.78 is 5.81. The highest BCUT2D eigenvalue weighted by Gasteiger charge is 2.35. The molecule has 1 rings (SSSR count). The Labute approximate surface area is 150 Å². The third kappa shape index (κ3) is 9.66. The van der Waals surface area contributed by atoms with E-state index < -0.39 is 0 Å². The van der Waals surface area contributed by atoms with E-state index in [1.165, 1.54) is 83.7 Å². The average molecular weight is 341 g/mol. The Morgan fingerprint density at radius 1 is 0.917 bits per heavy atom. The molecule has 3 nitrogen and oxygen atoms in total. The van der Waals surface area contributed by atoms with Crippen LogP contribution in [-0.4, -0.2) is 24.7 Å². The fraction of sp³-hybridized carbons (Fsp3) is 0.952. The Hall–Kier alpha value is -0.570. The number of hydrogen-bond acceptors (Lipinski definition) is 2. The third-order valence-electron chi connectivity index (χ3n) is 5.53. The normalized spacial score (nSPS) is 16.3. The van der Waals surface area contributed by atoms with Crippen LogP contribution in [0.2, 0.25) is 0 Å². The van der Waals surface area contributed by atoms with Crippen LogP contribution in [0.1, 0.15) is 104 Å². The lowest BCUT2D eigenvalue weighted by Crippen LogP contribution is -2.86. The predicted molar refractivity (Wildman–Crippen MR) is 101 cm³/mol. The molecule has 0 aromatic rings. The molecule has 1 aliphatic heterocycles. The van der Waals surface area contributed by atoms with E-state index in [1.807, 2.05) is 0 Å². The van der Waals surface area contributed by atoms with Gasteiger partial charge >= 0.3 is 5.97 Å². The van der Waals surface area contributed by atoms with Crippen molar-refractivity contribution in [2.75, 3.05) is 13.1 Å². The van der Waals surface area contributed by atoms with Crippen LogP contribution in [0, 0.1) is 5.92 Å². The van der Waals surface area contributed by atoms with Crippen LogP contribution in [0.5, 0.6) is 0 Å². The summed E-state index contributed by atoms with van der Waals surface area (Å²) in [5.41, 5.74) is -0.288. The number of hydrogen-bond donors (Lipinski definition) is 1. The van der Waals surface area contributed by atoms with Crippen molar-refractivity contribution in [2.45, 2.75) is 110 Å². The standard InChI is InChI=1S/C21H41NO2/c1-4-5-6-7-8-9-10-11-12-13-14-20(23)24-21(2,3)19-15-17-22-18-16-19/h19,22H,4-18H2,1-3H3/p+1. The van der Waals surface area contributed by atoms with Gasteiger partial charge in [-0.1, -0.05) is 64.7 Å². The fourth-order valence-corrected chi connectivity index (χ4v) is 3.81. The first-order valence-electron chi connectivity index (χ1n) is 10.6. The van der Waals surface area contributed by atoms with Gasteiger partial charge in [0.25, 0.3) is 0 Å². The first-order valence-corrected chi connectivity index (χ1v) is 10.6. The van der Waals surface area contributed by atoms with E-state index >= 15 is 0 Å². The van der Waals surface area contributed by atoms with Gasteiger partial charge in [0.15, 0.2) is 0 Å². The molecule has 0 aliphatic carbocycles. The Kier molecular flexibility index (Phi) is 11.4. The van der Waals surface area contributed by atoms with Crippen molar-refractivity contribution in [3.8, 4) is 0 Å². The van der Waals surface area contributed by atoms with Crippen molar-refractivity contribution in [3.63, 3.8) is 0 Å². The molecule has 0 amide bonds. The van der Waals surface area contributed by atoms with Crippen LogP contribution in [0.25, 0.3) is 0 Å². The summed E-state index contributed by atoms with van der Waals surface area (Å²) in [6.07, 6.45) is 15.9. The summed E-state index contributed by atoms with van der Waals surface area (Å²) >= 11 is 0. The summed E-state index contributed by atoms with van der Waals surface area (Å²) in [7, 11) is 0. The zero-order valence-corrected chi connectivity index (χ0v) is 16.6. The molecule has 0 spiro atoms. The molecule has 0 aromatic heterocycles. The lowest BCUT2D eigenvalue weighted by molar-refractivity contribution is -0.665. The maximum Gasteiger partial charge on any atom is 0.306 e. The first kappa shape index (κ1) is 21.5. The number of unbranched alkanes of at least 4 members (excludes halogenated alkanes) is 9. The smallest absolute Gasteiger partial charge is 0.306 e. The number of esters is 1. The van der Waals surface area contributed by atoms with Crippen molar-refractivity contribution in [2.24, 2.45) is 5.92 Å². The van der Waals surface area contributed by atoms with Crippen molar-refractivity contribution in [1.82, 2.24) is 0 Å². The second-order valence-electron chi connectivity index (χ2n) is 8.15. The first-order chi connectivity index (χ1) is 11.6. The molecule has 0 aromatic carbocycles. The van der Waals surface area contributed by atoms with Crippen molar-refractivity contribution in [1.29, 1.82) is 0 Å². The zero-order chi connectivity index (χ0) is 17.7. The van der Waals surface area contributed by atoms with Crippen LogP contribution >= 0.6 is 0 Å². The Morgan fingerprint density at radius 3 is 1.96 bits per heavy atom. The summed E-state index contributed by atoms with van der Waals surface area (Å²) in [6.45, 7) is 8.80. The number of carbonyl (C=O) groups is 1. The quantitative estimate of drug-likeness (QED) is 0.393. The molecule has 24 heavy (non-hydrogen) atoms. The van der Waals surface area contributed by atoms with Gasteiger partial charge in [0.05, 0.1) is 13.1 Å². The molecule has 0 atom stereocenters. The van der Waals surface area contributed by atoms with Gasteiger partial charge in [-0.25, -0.2) is 0 Å². The van der Waals surface area contributed by atoms with E-state index in [0.29, 0.717) is 12.3 Å². The van der Waals surface area contributed by atoms with Gasteiger partial charge in [0.2, 0.25) is 0 Å². The molecule has 0 unspecified atom stereocenters. The number of nitrogens with two attached hydrogens (primary N) is 1. The summed E-state index contributed by atoms with van der Waals surface area (Å²) in [5, 5.41) is 2.36. The molecule has 0 saturated carbocycles. The molecular weight excluding hydrogens is 298 g/mol. The summed E-state index contributed by atoms with van der Waals surface area (Å²) in [4.78, 5) is 12.1. The topological polar surface area (TPSA) is 42.9 Å². The molecule has 2 N–H and O–H groups in total. The Balaban J connectivity index is 1.99. The van der Waals surface area contributed by atoms with Gasteiger partial charge in [-0.2, -0.15) is 0 Å². The lowest BCUT2D eigenvalue weighted by Gasteiger charge is -2.35. The number of piperidine rings is 1. The van der Waals surface area contributed by atoms with E-state index in [1.54, 1.807) is 0 Å². The van der Waals surface area contributed by atoms with E-state index in [-0.39, 0.29) is 11.6 Å². The largest absolute Gasteiger partial charge is 0.459 e. The predicted octanol–water partition coefficient (Wildman–Crippen LogP) is 4.59. The molecule has 1 heterocycles. The maximum atomic E-state index is 12.1. The van der Waals surface area contributed by atoms with Crippen LogP contribution in [0.3, 0.4) is 0 Å². The second kappa shape index (κ2) is 12.7. The van der Waals surface area contributed by atoms with Gasteiger partial charge < -0.3 is 10.1 Å². The molecule has 142 valence electrons. The van der Waals surface area contributed by atoms with Gasteiger partial charge in [0, 0.05) is 25.2 Å².